The summed E-state index contributed by atoms with van der Waals surface area (Å²) in [6.07, 6.45) is 3.24. The highest BCUT2D eigenvalue weighted by molar-refractivity contribution is 5.77. The molecule has 1 aromatic carbocycles. The van der Waals surface area contributed by atoms with Crippen LogP contribution in [0.25, 0.3) is 0 Å². The van der Waals surface area contributed by atoms with Crippen LogP contribution in [0.2, 0.25) is 0 Å². The largest absolute Gasteiger partial charge is 0.343 e. The molecule has 0 spiro atoms. The van der Waals surface area contributed by atoms with Crippen molar-refractivity contribution in [3.8, 4) is 0 Å². The van der Waals surface area contributed by atoms with Crippen molar-refractivity contribution in [3.05, 3.63) is 34.9 Å². The molecular weight excluding hydrogens is 260 g/mol. The van der Waals surface area contributed by atoms with Gasteiger partial charge in [-0.1, -0.05) is 37.1 Å². The molecular formula is C17H28N4. The molecule has 3 N–H and O–H groups in total. The van der Waals surface area contributed by atoms with Crippen molar-refractivity contribution in [1.82, 2.24) is 9.80 Å². The van der Waals surface area contributed by atoms with Gasteiger partial charge in [-0.25, -0.2) is 0 Å². The van der Waals surface area contributed by atoms with Crippen LogP contribution in [0.5, 0.6) is 0 Å². The summed E-state index contributed by atoms with van der Waals surface area (Å²) >= 11 is 0. The zero-order valence-electron chi connectivity index (χ0n) is 13.4. The van der Waals surface area contributed by atoms with Crippen molar-refractivity contribution in [2.24, 2.45) is 5.73 Å². The lowest BCUT2D eigenvalue weighted by molar-refractivity contribution is 0.312. The Balaban J connectivity index is 2.01. The Labute approximate surface area is 128 Å². The predicted octanol–water partition coefficient (Wildman–Crippen LogP) is 2.70. The van der Waals surface area contributed by atoms with Crippen LogP contribution in [-0.2, 0) is 13.1 Å². The van der Waals surface area contributed by atoms with Crippen LogP contribution in [0.4, 0.5) is 0 Å². The highest BCUT2D eigenvalue weighted by atomic mass is 15.4. The number of nitrogens with one attached hydrogen (secondary N) is 1. The van der Waals surface area contributed by atoms with Crippen molar-refractivity contribution in [3.63, 3.8) is 0 Å². The van der Waals surface area contributed by atoms with Crippen LogP contribution < -0.4 is 5.73 Å². The summed E-state index contributed by atoms with van der Waals surface area (Å²) in [5.41, 5.74) is 9.66. The average Bonchev–Trinajstić information content (AvgIpc) is 2.89. The molecule has 0 fully saturated rings. The first-order valence-corrected chi connectivity index (χ1v) is 8.02. The molecule has 0 amide bonds. The summed E-state index contributed by atoms with van der Waals surface area (Å²) < 4.78 is 0. The second-order valence-corrected chi connectivity index (χ2v) is 5.93. The first kappa shape index (κ1) is 15.8. The average molecular weight is 288 g/mol. The molecule has 0 saturated carbocycles. The van der Waals surface area contributed by atoms with E-state index in [0.29, 0.717) is 12.5 Å². The van der Waals surface area contributed by atoms with Gasteiger partial charge in [0.15, 0.2) is 5.96 Å². The third-order valence-corrected chi connectivity index (χ3v) is 4.10. The molecule has 0 unspecified atom stereocenters. The van der Waals surface area contributed by atoms with E-state index in [1.807, 2.05) is 0 Å². The summed E-state index contributed by atoms with van der Waals surface area (Å²) in [6, 6.07) is 6.61. The zero-order valence-corrected chi connectivity index (χ0v) is 13.4. The van der Waals surface area contributed by atoms with Crippen molar-refractivity contribution >= 4 is 5.96 Å². The summed E-state index contributed by atoms with van der Waals surface area (Å²) in [7, 11) is 0. The predicted molar refractivity (Wildman–Crippen MR) is 88.3 cm³/mol. The normalized spacial score (nSPS) is 13.4. The number of fused-ring (bicyclic) bond motifs is 1. The van der Waals surface area contributed by atoms with Crippen LogP contribution >= 0.6 is 0 Å². The molecule has 4 heteroatoms. The molecule has 116 valence electrons. The maximum Gasteiger partial charge on any atom is 0.194 e. The van der Waals surface area contributed by atoms with Gasteiger partial charge in [0.25, 0.3) is 0 Å². The van der Waals surface area contributed by atoms with Gasteiger partial charge in [0.1, 0.15) is 0 Å². The van der Waals surface area contributed by atoms with Crippen LogP contribution in [-0.4, -0.2) is 35.4 Å². The van der Waals surface area contributed by atoms with Crippen molar-refractivity contribution in [2.45, 2.75) is 46.2 Å². The van der Waals surface area contributed by atoms with E-state index in [4.69, 9.17) is 11.1 Å². The molecule has 0 atom stereocenters. The third-order valence-electron chi connectivity index (χ3n) is 4.10. The minimum Gasteiger partial charge on any atom is -0.343 e. The molecule has 0 radical (unpaired) electrons. The second kappa shape index (κ2) is 7.46. The Morgan fingerprint density at radius 1 is 1.24 bits per heavy atom. The van der Waals surface area contributed by atoms with E-state index in [2.05, 4.69) is 41.8 Å². The van der Waals surface area contributed by atoms with Crippen LogP contribution in [0.15, 0.2) is 18.2 Å². The van der Waals surface area contributed by atoms with Crippen LogP contribution in [0.1, 0.15) is 42.9 Å². The van der Waals surface area contributed by atoms with Gasteiger partial charge < -0.3 is 15.5 Å². The molecule has 1 aliphatic heterocycles. The van der Waals surface area contributed by atoms with E-state index < -0.39 is 0 Å². The number of benzene rings is 1. The maximum atomic E-state index is 8.54. The molecule has 0 bridgehead atoms. The highest BCUT2D eigenvalue weighted by Crippen LogP contribution is 2.24. The molecule has 1 aliphatic rings. The smallest absolute Gasteiger partial charge is 0.194 e. The molecule has 1 heterocycles. The SMILES string of the molecule is CCCCN(CCCN)C(=N)N1Cc2ccc(C)cc2C1. The fourth-order valence-electron chi connectivity index (χ4n) is 2.83. The van der Waals surface area contributed by atoms with Gasteiger partial charge in [-0.2, -0.15) is 0 Å². The number of aryl methyl sites for hydroxylation is 1. The fraction of sp³-hybridized carbons (Fsp3) is 0.588. The summed E-state index contributed by atoms with van der Waals surface area (Å²) in [5.74, 6) is 0.658. The van der Waals surface area contributed by atoms with E-state index in [1.165, 1.54) is 16.7 Å². The van der Waals surface area contributed by atoms with Gasteiger partial charge in [-0.05, 0) is 37.4 Å². The number of nitrogens with two attached hydrogens (primary N) is 1. The van der Waals surface area contributed by atoms with Crippen molar-refractivity contribution in [2.75, 3.05) is 19.6 Å². The van der Waals surface area contributed by atoms with Crippen LogP contribution in [0.3, 0.4) is 0 Å². The van der Waals surface area contributed by atoms with E-state index in [1.54, 1.807) is 0 Å². The fourth-order valence-corrected chi connectivity index (χ4v) is 2.83. The first-order chi connectivity index (χ1) is 10.2. The highest BCUT2D eigenvalue weighted by Gasteiger charge is 2.24. The van der Waals surface area contributed by atoms with Gasteiger partial charge in [0, 0.05) is 26.2 Å². The van der Waals surface area contributed by atoms with E-state index >= 15 is 0 Å². The van der Waals surface area contributed by atoms with E-state index in [9.17, 15) is 0 Å². The molecule has 0 saturated heterocycles. The molecule has 1 aromatic rings. The van der Waals surface area contributed by atoms with Gasteiger partial charge >= 0.3 is 0 Å². The lowest BCUT2D eigenvalue weighted by atomic mass is 10.1. The minimum atomic E-state index is 0.658. The van der Waals surface area contributed by atoms with Gasteiger partial charge in [-0.15, -0.1) is 0 Å². The lowest BCUT2D eigenvalue weighted by Crippen LogP contribution is -2.42. The maximum absolute atomic E-state index is 8.54. The number of nitrogens with zero attached hydrogens (tertiary/aromatic N) is 2. The number of rotatable bonds is 6. The molecule has 0 aromatic heterocycles. The minimum absolute atomic E-state index is 0.658. The lowest BCUT2D eigenvalue weighted by Gasteiger charge is -2.31. The summed E-state index contributed by atoms with van der Waals surface area (Å²) in [4.78, 5) is 4.37. The van der Waals surface area contributed by atoms with Gasteiger partial charge in [0.05, 0.1) is 0 Å². The molecule has 4 nitrogen and oxygen atoms in total. The third kappa shape index (κ3) is 3.97. The van der Waals surface area contributed by atoms with Crippen molar-refractivity contribution in [1.29, 1.82) is 5.41 Å². The molecule has 0 aliphatic carbocycles. The van der Waals surface area contributed by atoms with Gasteiger partial charge in [-0.3, -0.25) is 5.41 Å². The quantitative estimate of drug-likeness (QED) is 0.625. The summed E-state index contributed by atoms with van der Waals surface area (Å²) in [5, 5.41) is 8.54. The number of hydrogen-bond donors (Lipinski definition) is 2. The zero-order chi connectivity index (χ0) is 15.2. The van der Waals surface area contributed by atoms with E-state index in [0.717, 1.165) is 45.4 Å². The van der Waals surface area contributed by atoms with E-state index in [-0.39, 0.29) is 0 Å². The number of guanidine groups is 1. The number of unbranched alkanes of at least 4 members (excludes halogenated alkanes) is 1. The Morgan fingerprint density at radius 2 is 1.95 bits per heavy atom. The molecule has 21 heavy (non-hydrogen) atoms. The topological polar surface area (TPSA) is 56.4 Å². The second-order valence-electron chi connectivity index (χ2n) is 5.93. The monoisotopic (exact) mass is 288 g/mol. The first-order valence-electron chi connectivity index (χ1n) is 8.02. The Hall–Kier alpha value is -1.55. The Morgan fingerprint density at radius 3 is 2.67 bits per heavy atom. The van der Waals surface area contributed by atoms with Crippen molar-refractivity contribution < 1.29 is 0 Å². The molecule has 2 rings (SSSR count). The van der Waals surface area contributed by atoms with Crippen LogP contribution in [0, 0.1) is 12.3 Å². The van der Waals surface area contributed by atoms with Gasteiger partial charge in [0.2, 0.25) is 0 Å². The number of hydrogen-bond acceptors (Lipinski definition) is 2. The summed E-state index contributed by atoms with van der Waals surface area (Å²) in [6.45, 7) is 8.58. The Bertz CT molecular complexity index is 476. The Kier molecular flexibility index (Phi) is 5.62. The standard InChI is InChI=1S/C17H28N4/c1-3-4-9-20(10-5-8-18)17(19)21-12-15-7-6-14(2)11-16(15)13-21/h6-7,11,19H,3-5,8-10,12-13,18H2,1-2H3.